The van der Waals surface area contributed by atoms with Crippen molar-refractivity contribution in [3.63, 3.8) is 0 Å². The van der Waals surface area contributed by atoms with Gasteiger partial charge in [0.1, 0.15) is 12.1 Å². The van der Waals surface area contributed by atoms with Gasteiger partial charge in [-0.25, -0.2) is 4.79 Å². The van der Waals surface area contributed by atoms with Crippen LogP contribution in [-0.4, -0.2) is 95.6 Å². The minimum absolute atomic E-state index is 0.0745. The van der Waals surface area contributed by atoms with E-state index in [1.54, 1.807) is 11.8 Å². The Hall–Kier alpha value is -3.18. The molecule has 2 heterocycles. The van der Waals surface area contributed by atoms with Gasteiger partial charge in [0.2, 0.25) is 23.5 Å². The lowest BCUT2D eigenvalue weighted by molar-refractivity contribution is -0.144. The number of amides is 6. The van der Waals surface area contributed by atoms with Gasteiger partial charge in [-0.15, -0.1) is 0 Å². The van der Waals surface area contributed by atoms with E-state index >= 15 is 0 Å². The maximum atomic E-state index is 14.6. The van der Waals surface area contributed by atoms with E-state index in [-0.39, 0.29) is 46.4 Å². The molecule has 6 amide bonds. The molecule has 2 saturated heterocycles. The first-order valence-corrected chi connectivity index (χ1v) is 18.4. The van der Waals surface area contributed by atoms with E-state index in [9.17, 15) is 28.8 Å². The summed E-state index contributed by atoms with van der Waals surface area (Å²) in [7, 11) is 0. The molecule has 4 rings (SSSR count). The predicted octanol–water partition coefficient (Wildman–Crippen LogP) is 3.13. The van der Waals surface area contributed by atoms with Crippen molar-refractivity contribution in [3.05, 3.63) is 0 Å². The van der Waals surface area contributed by atoms with E-state index < -0.39 is 41.8 Å². The van der Waals surface area contributed by atoms with Gasteiger partial charge in [0.25, 0.3) is 5.91 Å². The van der Waals surface area contributed by atoms with Crippen molar-refractivity contribution in [1.82, 2.24) is 31.1 Å². The normalized spacial score (nSPS) is 25.7. The molecular formula is C36H60N6O6. The number of ketones is 1. The van der Waals surface area contributed by atoms with Crippen LogP contribution in [-0.2, 0) is 24.0 Å². The van der Waals surface area contributed by atoms with Crippen molar-refractivity contribution >= 4 is 35.4 Å². The summed E-state index contributed by atoms with van der Waals surface area (Å²) in [5.41, 5.74) is -0.496. The van der Waals surface area contributed by atoms with E-state index in [4.69, 9.17) is 0 Å². The molecule has 4 aliphatic rings. The predicted molar refractivity (Wildman–Crippen MR) is 182 cm³/mol. The highest BCUT2D eigenvalue weighted by atomic mass is 16.2. The summed E-state index contributed by atoms with van der Waals surface area (Å²) in [4.78, 5) is 83.8. The lowest BCUT2D eigenvalue weighted by atomic mass is 9.83. The number of hydrogen-bond acceptors (Lipinski definition) is 6. The minimum Gasteiger partial charge on any atom is -0.350 e. The maximum absolute atomic E-state index is 14.6. The summed E-state index contributed by atoms with van der Waals surface area (Å²) in [6.45, 7) is 15.7. The zero-order chi connectivity index (χ0) is 35.4. The number of carbonyl (C=O) groups excluding carboxylic acids is 6. The summed E-state index contributed by atoms with van der Waals surface area (Å²) in [6.07, 6.45) is 7.83. The molecular weight excluding hydrogens is 612 g/mol. The molecule has 0 aromatic carbocycles. The number of carbonyl (C=O) groups is 6. The molecule has 48 heavy (non-hydrogen) atoms. The smallest absolute Gasteiger partial charge is 0.315 e. The van der Waals surface area contributed by atoms with Crippen molar-refractivity contribution < 1.29 is 28.8 Å². The largest absolute Gasteiger partial charge is 0.350 e. The zero-order valence-electron chi connectivity index (χ0n) is 30.3. The van der Waals surface area contributed by atoms with Crippen molar-refractivity contribution in [2.75, 3.05) is 26.2 Å². The van der Waals surface area contributed by atoms with Crippen molar-refractivity contribution in [3.8, 4) is 0 Å². The third-order valence-corrected chi connectivity index (χ3v) is 11.4. The summed E-state index contributed by atoms with van der Waals surface area (Å²) in [5.74, 6) is -2.07. The van der Waals surface area contributed by atoms with Crippen molar-refractivity contribution in [2.24, 2.45) is 28.6 Å². The number of nitrogens with one attached hydrogen (secondary N) is 4. The number of nitrogens with zero attached hydrogens (tertiary/aromatic N) is 2. The van der Waals surface area contributed by atoms with E-state index in [0.717, 1.165) is 44.9 Å². The SMILES string of the molecule is CCCC(NC(=O)[C@@H]1[C@@H]2[C@H](CN1C(=O)[C@@H](NC(=O)N[C@H](CN1CCCCC1=O)C(C)(C)C)C1CCCCC1)C2(C)C)C(=O)C(=O)NCC. The van der Waals surface area contributed by atoms with E-state index in [2.05, 4.69) is 35.1 Å². The summed E-state index contributed by atoms with van der Waals surface area (Å²) in [6, 6.07) is -3.39. The average Bonchev–Trinajstić information content (AvgIpc) is 3.33. The Balaban J connectivity index is 1.54. The number of hydrogen-bond donors (Lipinski definition) is 4. The first-order chi connectivity index (χ1) is 22.6. The summed E-state index contributed by atoms with van der Waals surface area (Å²) < 4.78 is 0. The third-order valence-electron chi connectivity index (χ3n) is 11.4. The van der Waals surface area contributed by atoms with Crippen LogP contribution in [0.3, 0.4) is 0 Å². The molecule has 1 unspecified atom stereocenters. The Morgan fingerprint density at radius 1 is 0.938 bits per heavy atom. The van der Waals surface area contributed by atoms with Crippen LogP contribution >= 0.6 is 0 Å². The topological polar surface area (TPSA) is 157 Å². The average molecular weight is 673 g/mol. The van der Waals surface area contributed by atoms with Gasteiger partial charge in [-0.05, 0) is 67.6 Å². The van der Waals surface area contributed by atoms with Crippen molar-refractivity contribution in [2.45, 2.75) is 137 Å². The highest BCUT2D eigenvalue weighted by molar-refractivity contribution is 6.38. The molecule has 4 N–H and O–H groups in total. The maximum Gasteiger partial charge on any atom is 0.315 e. The van der Waals surface area contributed by atoms with Crippen LogP contribution in [0.2, 0.25) is 0 Å². The Morgan fingerprint density at radius 3 is 2.23 bits per heavy atom. The molecule has 12 heteroatoms. The lowest BCUT2D eigenvalue weighted by Crippen LogP contribution is -2.62. The number of urea groups is 1. The number of rotatable bonds is 13. The molecule has 12 nitrogen and oxygen atoms in total. The van der Waals surface area contributed by atoms with Crippen LogP contribution in [0, 0.1) is 28.6 Å². The monoisotopic (exact) mass is 672 g/mol. The fourth-order valence-electron chi connectivity index (χ4n) is 8.21. The van der Waals surface area contributed by atoms with E-state index in [1.165, 1.54) is 0 Å². The summed E-state index contributed by atoms with van der Waals surface area (Å²) >= 11 is 0. The van der Waals surface area contributed by atoms with Crippen molar-refractivity contribution in [1.29, 1.82) is 0 Å². The summed E-state index contributed by atoms with van der Waals surface area (Å²) in [5, 5.41) is 11.5. The standard InChI is InChI=1S/C36H60N6O6/c1-8-15-24(30(44)32(46)37-9-2)38-31(45)29-27-23(36(27,6)7)20-42(29)33(47)28(22-16-11-10-12-17-22)40-34(48)39-25(35(3,4)5)21-41-19-14-13-18-26(41)43/h22-25,27-29H,8-21H2,1-7H3,(H,37,46)(H,38,45)(H2,39,40,48)/t23-,24?,25+,27-,28-,29-/m0/s1. The van der Waals surface area contributed by atoms with Gasteiger partial charge in [0.15, 0.2) is 0 Å². The van der Waals surface area contributed by atoms with Gasteiger partial charge in [-0.3, -0.25) is 24.0 Å². The molecule has 0 spiro atoms. The molecule has 0 bridgehead atoms. The van der Waals surface area contributed by atoms with Crippen LogP contribution in [0.4, 0.5) is 4.79 Å². The Morgan fingerprint density at radius 2 is 1.62 bits per heavy atom. The van der Waals surface area contributed by atoms with Crippen LogP contribution in [0.1, 0.15) is 113 Å². The van der Waals surface area contributed by atoms with Gasteiger partial charge in [0.05, 0.1) is 12.1 Å². The fraction of sp³-hybridized carbons (Fsp3) is 0.833. The number of piperidine rings is 2. The molecule has 0 aromatic rings. The van der Waals surface area contributed by atoms with Crippen LogP contribution < -0.4 is 21.3 Å². The molecule has 0 radical (unpaired) electrons. The van der Waals surface area contributed by atoms with Gasteiger partial charge >= 0.3 is 6.03 Å². The van der Waals surface area contributed by atoms with Crippen LogP contribution in [0.25, 0.3) is 0 Å². The fourth-order valence-corrected chi connectivity index (χ4v) is 8.21. The Bertz CT molecular complexity index is 1220. The highest BCUT2D eigenvalue weighted by Crippen LogP contribution is 2.65. The lowest BCUT2D eigenvalue weighted by Gasteiger charge is -2.39. The number of likely N-dealkylation sites (tertiary alicyclic amines) is 2. The van der Waals surface area contributed by atoms with Gasteiger partial charge in [-0.1, -0.05) is 67.2 Å². The zero-order valence-corrected chi connectivity index (χ0v) is 30.3. The molecule has 6 atom stereocenters. The van der Waals surface area contributed by atoms with E-state index in [0.29, 0.717) is 45.4 Å². The Kier molecular flexibility index (Phi) is 12.2. The highest BCUT2D eigenvalue weighted by Gasteiger charge is 2.69. The van der Waals surface area contributed by atoms with Crippen LogP contribution in [0.15, 0.2) is 0 Å². The second-order valence-corrected chi connectivity index (χ2v) is 16.2. The number of Topliss-reactive ketones (excluding diaryl/α,β-unsaturated/α-hetero) is 1. The molecule has 2 aliphatic carbocycles. The van der Waals surface area contributed by atoms with E-state index in [1.807, 2.05) is 32.6 Å². The van der Waals surface area contributed by atoms with Gasteiger partial charge in [0, 0.05) is 32.6 Å². The third kappa shape index (κ3) is 8.51. The number of fused-ring (bicyclic) bond motifs is 1. The second-order valence-electron chi connectivity index (χ2n) is 16.2. The second kappa shape index (κ2) is 15.6. The van der Waals surface area contributed by atoms with Gasteiger partial charge < -0.3 is 31.1 Å². The molecule has 2 saturated carbocycles. The molecule has 2 aliphatic heterocycles. The first kappa shape index (κ1) is 37.6. The Labute approximate surface area is 286 Å². The quantitative estimate of drug-likeness (QED) is 0.220. The molecule has 270 valence electrons. The molecule has 4 fully saturated rings. The van der Waals surface area contributed by atoms with Crippen LogP contribution in [0.5, 0.6) is 0 Å². The van der Waals surface area contributed by atoms with Gasteiger partial charge in [-0.2, -0.15) is 0 Å². The number of likely N-dealkylation sites (N-methyl/N-ethyl adjacent to an activating group) is 1. The minimum atomic E-state index is -0.980. The first-order valence-electron chi connectivity index (χ1n) is 18.4. The molecule has 0 aromatic heterocycles.